The largest absolute Gasteiger partial charge is 0.370 e. The van der Waals surface area contributed by atoms with Gasteiger partial charge >= 0.3 is 0 Å². The molecule has 0 spiro atoms. The van der Waals surface area contributed by atoms with Crippen LogP contribution in [0.4, 0.5) is 5.69 Å². The third-order valence-electron chi connectivity index (χ3n) is 4.94. The number of piperidine rings is 1. The molecule has 0 aliphatic carbocycles. The van der Waals surface area contributed by atoms with Crippen molar-refractivity contribution in [3.05, 3.63) is 29.3 Å². The van der Waals surface area contributed by atoms with E-state index in [-0.39, 0.29) is 0 Å². The summed E-state index contributed by atoms with van der Waals surface area (Å²) in [6.07, 6.45) is 5.28. The van der Waals surface area contributed by atoms with Crippen LogP contribution in [0.25, 0.3) is 0 Å². The molecular formula is C18H25N3. The molecule has 0 atom stereocenters. The molecule has 0 amide bonds. The normalized spacial score (nSPS) is 20.7. The van der Waals surface area contributed by atoms with Crippen LogP contribution in [0.15, 0.2) is 18.2 Å². The number of anilines is 1. The summed E-state index contributed by atoms with van der Waals surface area (Å²) >= 11 is 0. The predicted octanol–water partition coefficient (Wildman–Crippen LogP) is 3.18. The molecule has 112 valence electrons. The minimum absolute atomic E-state index is 0.818. The van der Waals surface area contributed by atoms with E-state index >= 15 is 0 Å². The summed E-state index contributed by atoms with van der Waals surface area (Å²) in [7, 11) is 0. The molecule has 2 fully saturated rings. The molecule has 2 aliphatic rings. The van der Waals surface area contributed by atoms with Crippen LogP contribution in [-0.4, -0.2) is 37.6 Å². The summed E-state index contributed by atoms with van der Waals surface area (Å²) in [6, 6.07) is 8.50. The lowest BCUT2D eigenvalue weighted by molar-refractivity contribution is 0.249. The van der Waals surface area contributed by atoms with Gasteiger partial charge in [0.2, 0.25) is 0 Å². The Balaban J connectivity index is 1.60. The Hall–Kier alpha value is -1.53. The number of nitriles is 1. The lowest BCUT2D eigenvalue weighted by Crippen LogP contribution is -2.38. The fraction of sp³-hybridized carbons (Fsp3) is 0.611. The van der Waals surface area contributed by atoms with Crippen LogP contribution < -0.4 is 4.90 Å². The van der Waals surface area contributed by atoms with Gasteiger partial charge in [-0.1, -0.05) is 6.07 Å². The second kappa shape index (κ2) is 6.49. The van der Waals surface area contributed by atoms with E-state index in [4.69, 9.17) is 0 Å². The second-order valence-electron chi connectivity index (χ2n) is 6.57. The first-order valence-electron chi connectivity index (χ1n) is 8.24. The van der Waals surface area contributed by atoms with Crippen molar-refractivity contribution >= 4 is 5.69 Å². The Bertz CT molecular complexity index is 518. The van der Waals surface area contributed by atoms with E-state index in [1.807, 2.05) is 12.1 Å². The monoisotopic (exact) mass is 283 g/mol. The van der Waals surface area contributed by atoms with Gasteiger partial charge in [-0.05, 0) is 69.3 Å². The van der Waals surface area contributed by atoms with Crippen molar-refractivity contribution in [3.8, 4) is 6.07 Å². The maximum Gasteiger partial charge on any atom is 0.101 e. The fourth-order valence-electron chi connectivity index (χ4n) is 3.68. The molecule has 0 radical (unpaired) electrons. The summed E-state index contributed by atoms with van der Waals surface area (Å²) in [5, 5.41) is 9.30. The first kappa shape index (κ1) is 14.4. The summed E-state index contributed by atoms with van der Waals surface area (Å²) in [6.45, 7) is 8.18. The summed E-state index contributed by atoms with van der Waals surface area (Å²) < 4.78 is 0. The molecule has 0 N–H and O–H groups in total. The quantitative estimate of drug-likeness (QED) is 0.853. The van der Waals surface area contributed by atoms with E-state index in [0.717, 1.165) is 30.3 Å². The van der Waals surface area contributed by atoms with Gasteiger partial charge in [0, 0.05) is 19.6 Å². The van der Waals surface area contributed by atoms with Crippen LogP contribution in [0, 0.1) is 24.2 Å². The van der Waals surface area contributed by atoms with E-state index in [1.165, 1.54) is 50.9 Å². The van der Waals surface area contributed by atoms with E-state index in [2.05, 4.69) is 28.9 Å². The molecule has 0 bridgehead atoms. The average molecular weight is 283 g/mol. The van der Waals surface area contributed by atoms with Gasteiger partial charge in [-0.15, -0.1) is 0 Å². The SMILES string of the molecule is Cc1ccc(C#N)c(N2CCC(CN3CCCC3)CC2)c1. The number of nitrogens with zero attached hydrogens (tertiary/aromatic N) is 3. The molecule has 21 heavy (non-hydrogen) atoms. The van der Waals surface area contributed by atoms with E-state index < -0.39 is 0 Å². The fourth-order valence-corrected chi connectivity index (χ4v) is 3.68. The highest BCUT2D eigenvalue weighted by Crippen LogP contribution is 2.28. The Labute approximate surface area is 128 Å². The van der Waals surface area contributed by atoms with E-state index in [1.54, 1.807) is 0 Å². The summed E-state index contributed by atoms with van der Waals surface area (Å²) in [4.78, 5) is 5.04. The van der Waals surface area contributed by atoms with Gasteiger partial charge in [-0.3, -0.25) is 0 Å². The van der Waals surface area contributed by atoms with Gasteiger partial charge in [0.25, 0.3) is 0 Å². The van der Waals surface area contributed by atoms with Crippen molar-refractivity contribution in [3.63, 3.8) is 0 Å². The molecule has 2 heterocycles. The minimum atomic E-state index is 0.818. The number of rotatable bonds is 3. The molecule has 2 saturated heterocycles. The van der Waals surface area contributed by atoms with Gasteiger partial charge in [-0.2, -0.15) is 5.26 Å². The number of likely N-dealkylation sites (tertiary alicyclic amines) is 1. The highest BCUT2D eigenvalue weighted by Gasteiger charge is 2.24. The molecule has 3 nitrogen and oxygen atoms in total. The Morgan fingerprint density at radius 3 is 2.52 bits per heavy atom. The predicted molar refractivity (Wildman–Crippen MR) is 86.5 cm³/mol. The third kappa shape index (κ3) is 3.39. The molecular weight excluding hydrogens is 258 g/mol. The Morgan fingerprint density at radius 1 is 1.14 bits per heavy atom. The molecule has 1 aromatic carbocycles. The van der Waals surface area contributed by atoms with Crippen LogP contribution in [0.5, 0.6) is 0 Å². The zero-order valence-corrected chi connectivity index (χ0v) is 13.0. The van der Waals surface area contributed by atoms with Crippen LogP contribution >= 0.6 is 0 Å². The van der Waals surface area contributed by atoms with Crippen LogP contribution in [-0.2, 0) is 0 Å². The number of benzene rings is 1. The van der Waals surface area contributed by atoms with Crippen LogP contribution in [0.2, 0.25) is 0 Å². The molecule has 3 rings (SSSR count). The molecule has 0 saturated carbocycles. The van der Waals surface area contributed by atoms with Gasteiger partial charge in [0.1, 0.15) is 6.07 Å². The number of aryl methyl sites for hydroxylation is 1. The Morgan fingerprint density at radius 2 is 1.86 bits per heavy atom. The highest BCUT2D eigenvalue weighted by molar-refractivity contribution is 5.60. The smallest absolute Gasteiger partial charge is 0.101 e. The van der Waals surface area contributed by atoms with E-state index in [0.29, 0.717) is 0 Å². The molecule has 2 aliphatic heterocycles. The number of hydrogen-bond donors (Lipinski definition) is 0. The van der Waals surface area contributed by atoms with Gasteiger partial charge in [-0.25, -0.2) is 0 Å². The van der Waals surface area contributed by atoms with Gasteiger partial charge < -0.3 is 9.80 Å². The van der Waals surface area contributed by atoms with Crippen molar-refractivity contribution in [2.45, 2.75) is 32.6 Å². The van der Waals surface area contributed by atoms with Crippen molar-refractivity contribution in [2.75, 3.05) is 37.6 Å². The topological polar surface area (TPSA) is 30.3 Å². The Kier molecular flexibility index (Phi) is 4.45. The summed E-state index contributed by atoms with van der Waals surface area (Å²) in [5.74, 6) is 0.842. The van der Waals surface area contributed by atoms with Crippen LogP contribution in [0.3, 0.4) is 0 Å². The van der Waals surface area contributed by atoms with Crippen molar-refractivity contribution in [1.29, 1.82) is 5.26 Å². The van der Waals surface area contributed by atoms with Crippen molar-refractivity contribution in [1.82, 2.24) is 4.90 Å². The molecule has 0 aromatic heterocycles. The van der Waals surface area contributed by atoms with E-state index in [9.17, 15) is 5.26 Å². The number of hydrogen-bond acceptors (Lipinski definition) is 3. The van der Waals surface area contributed by atoms with Gasteiger partial charge in [0.15, 0.2) is 0 Å². The lowest BCUT2D eigenvalue weighted by Gasteiger charge is -2.35. The minimum Gasteiger partial charge on any atom is -0.370 e. The first-order chi connectivity index (χ1) is 10.3. The maximum absolute atomic E-state index is 9.30. The zero-order chi connectivity index (χ0) is 14.7. The molecule has 3 heteroatoms. The third-order valence-corrected chi connectivity index (χ3v) is 4.94. The first-order valence-corrected chi connectivity index (χ1v) is 8.24. The average Bonchev–Trinajstić information content (AvgIpc) is 3.01. The van der Waals surface area contributed by atoms with Crippen molar-refractivity contribution in [2.24, 2.45) is 5.92 Å². The molecule has 1 aromatic rings. The van der Waals surface area contributed by atoms with Crippen LogP contribution in [0.1, 0.15) is 36.8 Å². The van der Waals surface area contributed by atoms with Crippen molar-refractivity contribution < 1.29 is 0 Å². The summed E-state index contributed by atoms with van der Waals surface area (Å²) in [5.41, 5.74) is 3.19. The standard InChI is InChI=1S/C18H25N3/c1-15-4-5-17(13-19)18(12-15)21-10-6-16(7-11-21)14-20-8-2-3-9-20/h4-5,12,16H,2-3,6-11,14H2,1H3. The zero-order valence-electron chi connectivity index (χ0n) is 13.0. The van der Waals surface area contributed by atoms with Gasteiger partial charge in [0.05, 0.1) is 11.3 Å². The second-order valence-corrected chi connectivity index (χ2v) is 6.57. The lowest BCUT2D eigenvalue weighted by atomic mass is 9.95. The highest BCUT2D eigenvalue weighted by atomic mass is 15.2. The maximum atomic E-state index is 9.30. The molecule has 0 unspecified atom stereocenters.